The molecule has 0 aliphatic heterocycles. The molecule has 0 aliphatic rings. The molecule has 0 radical (unpaired) electrons. The Kier molecular flexibility index (Phi) is 5.31. The van der Waals surface area contributed by atoms with Gasteiger partial charge in [-0.2, -0.15) is 0 Å². The first-order valence-corrected chi connectivity index (χ1v) is 8.93. The predicted octanol–water partition coefficient (Wildman–Crippen LogP) is 5.66. The molecule has 4 heteroatoms. The number of nitrogens with zero attached hydrogens (tertiary/aromatic N) is 1. The van der Waals surface area contributed by atoms with Gasteiger partial charge in [0.1, 0.15) is 0 Å². The van der Waals surface area contributed by atoms with Crippen molar-refractivity contribution in [1.82, 2.24) is 4.57 Å². The number of aromatic nitrogens is 1. The summed E-state index contributed by atoms with van der Waals surface area (Å²) >= 11 is 12.6. The Labute approximate surface area is 157 Å². The van der Waals surface area contributed by atoms with Crippen LogP contribution >= 0.6 is 23.2 Å². The van der Waals surface area contributed by atoms with Crippen molar-refractivity contribution in [3.05, 3.63) is 103 Å². The van der Waals surface area contributed by atoms with Crippen LogP contribution in [-0.2, 0) is 6.42 Å². The molecule has 3 aromatic rings. The zero-order valence-electron chi connectivity index (χ0n) is 14.2. The van der Waals surface area contributed by atoms with Gasteiger partial charge in [0, 0.05) is 40.0 Å². The minimum Gasteiger partial charge on any atom is -0.344 e. The van der Waals surface area contributed by atoms with E-state index in [0.29, 0.717) is 16.5 Å². The zero-order chi connectivity index (χ0) is 18.0. The highest BCUT2D eigenvalue weighted by Gasteiger charge is 2.15. The molecule has 0 aliphatic carbocycles. The number of pyridine rings is 1. The van der Waals surface area contributed by atoms with Gasteiger partial charge in [-0.3, -0.25) is 4.79 Å². The summed E-state index contributed by atoms with van der Waals surface area (Å²) in [5.74, 6) is 0. The van der Waals surface area contributed by atoms with E-state index in [0.717, 1.165) is 16.8 Å². The molecule has 0 fully saturated rings. The van der Waals surface area contributed by atoms with Crippen LogP contribution in [0.1, 0.15) is 35.3 Å². The molecule has 0 amide bonds. The van der Waals surface area contributed by atoms with Crippen molar-refractivity contribution in [3.63, 3.8) is 0 Å². The Morgan fingerprint density at radius 3 is 2.20 bits per heavy atom. The average molecular weight is 372 g/mol. The fourth-order valence-corrected chi connectivity index (χ4v) is 3.63. The molecule has 1 heterocycles. The molecule has 2 aromatic carbocycles. The van der Waals surface area contributed by atoms with E-state index in [-0.39, 0.29) is 11.5 Å². The van der Waals surface area contributed by atoms with Crippen LogP contribution in [0.15, 0.2) is 65.6 Å². The summed E-state index contributed by atoms with van der Waals surface area (Å²) in [6.07, 6.45) is 2.28. The lowest BCUT2D eigenvalue weighted by molar-refractivity contribution is 0.610. The minimum atomic E-state index is 0.00463. The van der Waals surface area contributed by atoms with E-state index in [9.17, 15) is 4.79 Å². The van der Waals surface area contributed by atoms with Crippen LogP contribution in [0, 0.1) is 6.92 Å². The van der Waals surface area contributed by atoms with E-state index in [1.807, 2.05) is 37.4 Å². The molecule has 2 nitrogen and oxygen atoms in total. The molecule has 0 spiro atoms. The molecule has 1 aromatic heterocycles. The van der Waals surface area contributed by atoms with E-state index in [2.05, 4.69) is 23.6 Å². The molecule has 0 bridgehead atoms. The van der Waals surface area contributed by atoms with E-state index < -0.39 is 0 Å². The van der Waals surface area contributed by atoms with Gasteiger partial charge in [0.15, 0.2) is 5.43 Å². The molecule has 128 valence electrons. The summed E-state index contributed by atoms with van der Waals surface area (Å²) in [4.78, 5) is 12.5. The third kappa shape index (κ3) is 3.65. The summed E-state index contributed by atoms with van der Waals surface area (Å²) in [6, 6.07) is 17.4. The third-order valence-electron chi connectivity index (χ3n) is 4.62. The van der Waals surface area contributed by atoms with Gasteiger partial charge in [-0.05, 0) is 37.1 Å². The monoisotopic (exact) mass is 371 g/mol. The van der Waals surface area contributed by atoms with Crippen LogP contribution in [0.4, 0.5) is 0 Å². The smallest absolute Gasteiger partial charge is 0.185 e. The second-order valence-corrected chi connectivity index (χ2v) is 6.93. The maximum Gasteiger partial charge on any atom is 0.185 e. The van der Waals surface area contributed by atoms with Crippen molar-refractivity contribution in [2.75, 3.05) is 0 Å². The maximum atomic E-state index is 12.5. The highest BCUT2D eigenvalue weighted by molar-refractivity contribution is 6.36. The molecule has 0 unspecified atom stereocenters. The molecule has 0 saturated heterocycles. The van der Waals surface area contributed by atoms with Gasteiger partial charge >= 0.3 is 0 Å². The molecule has 0 N–H and O–H groups in total. The lowest BCUT2D eigenvalue weighted by atomic mass is 10.0. The van der Waals surface area contributed by atoms with Crippen LogP contribution in [0.3, 0.4) is 0 Å². The van der Waals surface area contributed by atoms with E-state index in [4.69, 9.17) is 23.2 Å². The van der Waals surface area contributed by atoms with Crippen LogP contribution in [0.2, 0.25) is 10.0 Å². The number of hydrogen-bond acceptors (Lipinski definition) is 1. The van der Waals surface area contributed by atoms with Gasteiger partial charge in [0.2, 0.25) is 0 Å². The Morgan fingerprint density at radius 1 is 0.920 bits per heavy atom. The van der Waals surface area contributed by atoms with E-state index in [1.54, 1.807) is 18.2 Å². The summed E-state index contributed by atoms with van der Waals surface area (Å²) in [7, 11) is 0. The van der Waals surface area contributed by atoms with Crippen molar-refractivity contribution in [2.45, 2.75) is 26.3 Å². The van der Waals surface area contributed by atoms with Gasteiger partial charge in [-0.25, -0.2) is 0 Å². The quantitative estimate of drug-likeness (QED) is 0.579. The molecule has 25 heavy (non-hydrogen) atoms. The summed E-state index contributed by atoms with van der Waals surface area (Å²) in [5, 5.41) is 1.16. The summed E-state index contributed by atoms with van der Waals surface area (Å²) < 4.78 is 2.12. The van der Waals surface area contributed by atoms with E-state index in [1.165, 1.54) is 5.56 Å². The van der Waals surface area contributed by atoms with Crippen LogP contribution in [0.25, 0.3) is 0 Å². The lowest BCUT2D eigenvalue weighted by Gasteiger charge is -2.21. The van der Waals surface area contributed by atoms with Crippen molar-refractivity contribution in [2.24, 2.45) is 0 Å². The fraction of sp³-hybridized carbons (Fsp3) is 0.190. The highest BCUT2D eigenvalue weighted by atomic mass is 35.5. The largest absolute Gasteiger partial charge is 0.344 e. The van der Waals surface area contributed by atoms with Gasteiger partial charge in [-0.15, -0.1) is 0 Å². The topological polar surface area (TPSA) is 22.0 Å². The first kappa shape index (κ1) is 17.8. The predicted molar refractivity (Wildman–Crippen MR) is 105 cm³/mol. The summed E-state index contributed by atoms with van der Waals surface area (Å²) in [5.41, 5.74) is 3.64. The van der Waals surface area contributed by atoms with Gasteiger partial charge in [0.25, 0.3) is 0 Å². The van der Waals surface area contributed by atoms with Crippen LogP contribution in [-0.4, -0.2) is 4.57 Å². The molecule has 1 atom stereocenters. The minimum absolute atomic E-state index is 0.00463. The number of hydrogen-bond donors (Lipinski definition) is 0. The molecule has 0 saturated carbocycles. The van der Waals surface area contributed by atoms with Crippen molar-refractivity contribution < 1.29 is 0 Å². The number of halogens is 2. The number of benzene rings is 2. The Hall–Kier alpha value is -2.03. The lowest BCUT2D eigenvalue weighted by Crippen LogP contribution is -2.19. The van der Waals surface area contributed by atoms with Crippen LogP contribution in [0.5, 0.6) is 0 Å². The van der Waals surface area contributed by atoms with Crippen molar-refractivity contribution in [3.8, 4) is 0 Å². The first-order valence-electron chi connectivity index (χ1n) is 8.17. The highest BCUT2D eigenvalue weighted by Crippen LogP contribution is 2.28. The van der Waals surface area contributed by atoms with Gasteiger partial charge in [0.05, 0.1) is 6.04 Å². The number of rotatable bonds is 4. The average Bonchev–Trinajstić information content (AvgIpc) is 2.61. The van der Waals surface area contributed by atoms with E-state index >= 15 is 0 Å². The Morgan fingerprint density at radius 2 is 1.56 bits per heavy atom. The molecular weight excluding hydrogens is 353 g/mol. The van der Waals surface area contributed by atoms with Gasteiger partial charge < -0.3 is 4.57 Å². The second-order valence-electron chi connectivity index (χ2n) is 6.11. The van der Waals surface area contributed by atoms with Gasteiger partial charge in [-0.1, -0.05) is 59.6 Å². The Balaban J connectivity index is 2.05. The fourth-order valence-electron chi connectivity index (χ4n) is 3.10. The molecule has 3 rings (SSSR count). The maximum absolute atomic E-state index is 12.5. The van der Waals surface area contributed by atoms with Crippen molar-refractivity contribution in [1.29, 1.82) is 0 Å². The standard InChI is InChI=1S/C21H19Cl2NO/c1-14(16-7-4-3-5-8-16)24-12-11-21(25)17(15(24)2)13-18-19(22)9-6-10-20(18)23/h3-12,14H,13H2,1-2H3/t14-/m1/s1. The normalized spacial score (nSPS) is 12.2. The summed E-state index contributed by atoms with van der Waals surface area (Å²) in [6.45, 7) is 4.10. The van der Waals surface area contributed by atoms with Crippen molar-refractivity contribution >= 4 is 23.2 Å². The first-order chi connectivity index (χ1) is 12.0. The zero-order valence-corrected chi connectivity index (χ0v) is 15.7. The third-order valence-corrected chi connectivity index (χ3v) is 5.33. The second kappa shape index (κ2) is 7.47. The Bertz CT molecular complexity index is 928. The molecular formula is C21H19Cl2NO. The van der Waals surface area contributed by atoms with Crippen LogP contribution < -0.4 is 5.43 Å². The SMILES string of the molecule is Cc1c(Cc2c(Cl)cccc2Cl)c(=O)ccn1[C@H](C)c1ccccc1.